The summed E-state index contributed by atoms with van der Waals surface area (Å²) >= 11 is 0. The molecule has 0 radical (unpaired) electrons. The van der Waals surface area contributed by atoms with Crippen LogP contribution in [0.25, 0.3) is 0 Å². The first kappa shape index (κ1) is 18.5. The smallest absolute Gasteiger partial charge is 0.298 e. The first-order valence-electron chi connectivity index (χ1n) is 9.19. The van der Waals surface area contributed by atoms with E-state index in [1.165, 1.54) is 6.20 Å². The van der Waals surface area contributed by atoms with Crippen molar-refractivity contribution >= 4 is 0 Å². The van der Waals surface area contributed by atoms with Crippen LogP contribution in [-0.2, 0) is 18.5 Å². The lowest BCUT2D eigenvalue weighted by atomic mass is 9.92. The predicted octanol–water partition coefficient (Wildman–Crippen LogP) is 1.26. The quantitative estimate of drug-likeness (QED) is 0.806. The highest BCUT2D eigenvalue weighted by molar-refractivity contribution is 5.10. The molecule has 0 aromatic carbocycles. The molecule has 7 nitrogen and oxygen atoms in total. The molecule has 1 unspecified atom stereocenters. The molecule has 0 N–H and O–H groups in total. The minimum atomic E-state index is -0.223. The average Bonchev–Trinajstić information content (AvgIpc) is 3.02. The third kappa shape index (κ3) is 4.27. The summed E-state index contributed by atoms with van der Waals surface area (Å²) in [7, 11) is 0. The minimum absolute atomic E-state index is 0.0617. The average molecular weight is 357 g/mol. The first-order valence-corrected chi connectivity index (χ1v) is 9.19. The van der Waals surface area contributed by atoms with Crippen molar-refractivity contribution in [1.29, 1.82) is 0 Å². The molecule has 1 saturated heterocycles. The summed E-state index contributed by atoms with van der Waals surface area (Å²) in [5.74, 6) is 0. The monoisotopic (exact) mass is 357 g/mol. The molecule has 0 bridgehead atoms. The van der Waals surface area contributed by atoms with E-state index in [1.807, 2.05) is 6.07 Å². The highest BCUT2D eigenvalue weighted by Gasteiger charge is 2.26. The third-order valence-corrected chi connectivity index (χ3v) is 4.93. The van der Waals surface area contributed by atoms with E-state index in [-0.39, 0.29) is 22.7 Å². The van der Waals surface area contributed by atoms with Gasteiger partial charge in [-0.1, -0.05) is 20.8 Å². The van der Waals surface area contributed by atoms with Crippen LogP contribution in [0.3, 0.4) is 0 Å². The minimum Gasteiger partial charge on any atom is -0.298 e. The molecule has 1 atom stereocenters. The second-order valence-corrected chi connectivity index (χ2v) is 7.92. The number of likely N-dealkylation sites (tertiary alicyclic amines) is 1. The molecule has 26 heavy (non-hydrogen) atoms. The van der Waals surface area contributed by atoms with Gasteiger partial charge in [0, 0.05) is 43.0 Å². The normalized spacial score (nSPS) is 18.3. The molecule has 0 spiro atoms. The number of nitrogens with zero attached hydrogens (tertiary/aromatic N) is 5. The fourth-order valence-corrected chi connectivity index (χ4v) is 3.37. The summed E-state index contributed by atoms with van der Waals surface area (Å²) < 4.78 is 3.22. The Morgan fingerprint density at radius 2 is 2.00 bits per heavy atom. The van der Waals surface area contributed by atoms with E-state index < -0.39 is 0 Å². The molecule has 0 saturated carbocycles. The zero-order valence-corrected chi connectivity index (χ0v) is 15.8. The van der Waals surface area contributed by atoms with Gasteiger partial charge in [0.15, 0.2) is 0 Å². The van der Waals surface area contributed by atoms with Crippen LogP contribution in [0.4, 0.5) is 0 Å². The molecular weight excluding hydrogens is 330 g/mol. The van der Waals surface area contributed by atoms with Crippen molar-refractivity contribution in [2.75, 3.05) is 13.1 Å². The summed E-state index contributed by atoms with van der Waals surface area (Å²) in [4.78, 5) is 30.1. The third-order valence-electron chi connectivity index (χ3n) is 4.93. The summed E-state index contributed by atoms with van der Waals surface area (Å²) in [6, 6.07) is 5.47. The van der Waals surface area contributed by atoms with E-state index in [0.29, 0.717) is 13.1 Å². The highest BCUT2D eigenvalue weighted by Crippen LogP contribution is 2.20. The van der Waals surface area contributed by atoms with Crippen LogP contribution in [0.1, 0.15) is 39.3 Å². The van der Waals surface area contributed by atoms with Gasteiger partial charge in [0.05, 0.1) is 12.2 Å². The van der Waals surface area contributed by atoms with Crippen LogP contribution in [0.5, 0.6) is 0 Å². The molecule has 2 aromatic rings. The molecule has 140 valence electrons. The summed E-state index contributed by atoms with van der Waals surface area (Å²) in [5, 5.41) is 4.59. The highest BCUT2D eigenvalue weighted by atomic mass is 16.1. The maximum Gasteiger partial charge on any atom is 0.347 e. The van der Waals surface area contributed by atoms with Gasteiger partial charge in [0.1, 0.15) is 0 Å². The Bertz CT molecular complexity index is 865. The Morgan fingerprint density at radius 3 is 2.73 bits per heavy atom. The number of hydrogen-bond acceptors (Lipinski definition) is 5. The van der Waals surface area contributed by atoms with Gasteiger partial charge in [-0.25, -0.2) is 14.5 Å². The Kier molecular flexibility index (Phi) is 5.36. The molecule has 2 aromatic heterocycles. The van der Waals surface area contributed by atoms with Crippen molar-refractivity contribution in [3.63, 3.8) is 0 Å². The molecule has 7 heteroatoms. The molecule has 1 aliphatic rings. The zero-order valence-electron chi connectivity index (χ0n) is 15.8. The van der Waals surface area contributed by atoms with Crippen LogP contribution < -0.4 is 11.2 Å². The van der Waals surface area contributed by atoms with Crippen LogP contribution >= 0.6 is 0 Å². The van der Waals surface area contributed by atoms with Crippen molar-refractivity contribution in [2.24, 2.45) is 0 Å². The number of hydrogen-bond donors (Lipinski definition) is 0. The van der Waals surface area contributed by atoms with Gasteiger partial charge in [-0.15, -0.1) is 0 Å². The molecule has 3 heterocycles. The number of aromatic nitrogens is 4. The Labute approximate surface area is 153 Å². The lowest BCUT2D eigenvalue weighted by Gasteiger charge is -2.25. The van der Waals surface area contributed by atoms with Gasteiger partial charge in [0.2, 0.25) is 0 Å². The van der Waals surface area contributed by atoms with Gasteiger partial charge in [0.25, 0.3) is 5.56 Å². The van der Waals surface area contributed by atoms with E-state index in [0.717, 1.165) is 31.6 Å². The van der Waals surface area contributed by atoms with Gasteiger partial charge in [-0.05, 0) is 31.5 Å². The van der Waals surface area contributed by atoms with Gasteiger partial charge < -0.3 is 0 Å². The second-order valence-electron chi connectivity index (χ2n) is 7.92. The van der Waals surface area contributed by atoms with Gasteiger partial charge in [-0.3, -0.25) is 14.3 Å². The van der Waals surface area contributed by atoms with E-state index >= 15 is 0 Å². The maximum atomic E-state index is 12.2. The van der Waals surface area contributed by atoms with E-state index in [9.17, 15) is 9.59 Å². The largest absolute Gasteiger partial charge is 0.347 e. The summed E-state index contributed by atoms with van der Waals surface area (Å²) in [6.45, 7) is 9.22. The summed E-state index contributed by atoms with van der Waals surface area (Å²) in [6.07, 6.45) is 5.41. The lowest BCUT2D eigenvalue weighted by molar-refractivity contribution is 0.214. The molecule has 0 aliphatic carbocycles. The van der Waals surface area contributed by atoms with Crippen LogP contribution in [-0.4, -0.2) is 43.4 Å². The second kappa shape index (κ2) is 7.53. The number of rotatable bonds is 5. The van der Waals surface area contributed by atoms with E-state index in [1.54, 1.807) is 27.6 Å². The van der Waals surface area contributed by atoms with Gasteiger partial charge in [-0.2, -0.15) is 5.10 Å². The first-order chi connectivity index (χ1) is 12.3. The van der Waals surface area contributed by atoms with Crippen molar-refractivity contribution in [3.05, 3.63) is 57.1 Å². The van der Waals surface area contributed by atoms with E-state index in [2.05, 4.69) is 35.8 Å². The fraction of sp³-hybridized carbons (Fsp3) is 0.579. The zero-order chi connectivity index (χ0) is 18.7. The lowest BCUT2D eigenvalue weighted by Crippen LogP contribution is -2.40. The maximum absolute atomic E-state index is 12.2. The molecular formula is C19H27N5O2. The molecule has 0 amide bonds. The van der Waals surface area contributed by atoms with Crippen molar-refractivity contribution in [1.82, 2.24) is 24.2 Å². The van der Waals surface area contributed by atoms with Crippen molar-refractivity contribution in [2.45, 2.75) is 58.2 Å². The van der Waals surface area contributed by atoms with Crippen molar-refractivity contribution < 1.29 is 0 Å². The molecule has 1 aliphatic heterocycles. The van der Waals surface area contributed by atoms with Crippen LogP contribution in [0, 0.1) is 0 Å². The molecule has 3 rings (SSSR count). The molecule has 1 fully saturated rings. The SMILES string of the molecule is CC(C)(C)c1ccc(=O)n(CC2CCCN2CCn2cccnc2=O)n1. The Morgan fingerprint density at radius 1 is 1.19 bits per heavy atom. The van der Waals surface area contributed by atoms with Crippen LogP contribution in [0.2, 0.25) is 0 Å². The van der Waals surface area contributed by atoms with Crippen molar-refractivity contribution in [3.8, 4) is 0 Å². The topological polar surface area (TPSA) is 73.0 Å². The Hall–Kier alpha value is -2.28. The van der Waals surface area contributed by atoms with Gasteiger partial charge >= 0.3 is 5.69 Å². The Balaban J connectivity index is 1.70. The van der Waals surface area contributed by atoms with E-state index in [4.69, 9.17) is 0 Å². The fourth-order valence-electron chi connectivity index (χ4n) is 3.37. The summed E-state index contributed by atoms with van der Waals surface area (Å²) in [5.41, 5.74) is 0.544. The predicted molar refractivity (Wildman–Crippen MR) is 100 cm³/mol. The van der Waals surface area contributed by atoms with Crippen LogP contribution in [0.15, 0.2) is 40.2 Å². The standard InChI is InChI=1S/C19H27N5O2/c1-19(2,3)16-7-8-17(25)24(21-16)14-15-6-4-10-22(15)12-13-23-11-5-9-20-18(23)26/h5,7-9,11,15H,4,6,10,12-14H2,1-3H3.